The first-order chi connectivity index (χ1) is 5.39. The summed E-state index contributed by atoms with van der Waals surface area (Å²) in [6, 6.07) is 0. The summed E-state index contributed by atoms with van der Waals surface area (Å²) in [4.78, 5) is 3.51. The molecule has 5 nitrogen and oxygen atoms in total. The minimum atomic E-state index is -2.01. The molecule has 0 aromatic rings. The van der Waals surface area contributed by atoms with Gasteiger partial charge in [0.15, 0.2) is 7.51 Å². The second-order valence-electron chi connectivity index (χ2n) is 3.17. The molecule has 0 aromatic heterocycles. The lowest BCUT2D eigenvalue weighted by molar-refractivity contribution is 0.303. The van der Waals surface area contributed by atoms with Gasteiger partial charge in [0.2, 0.25) is 0 Å². The fourth-order valence-corrected chi connectivity index (χ4v) is 3.94. The van der Waals surface area contributed by atoms with E-state index in [9.17, 15) is 0 Å². The number of hydrogen-bond donors (Lipinski definition) is 1. The summed E-state index contributed by atoms with van der Waals surface area (Å²) in [5.41, 5.74) is 0. The van der Waals surface area contributed by atoms with E-state index in [1.807, 2.05) is 56.3 Å². The molecule has 1 N–H and O–H groups in total. The third kappa shape index (κ3) is 1.87. The Kier molecular flexibility index (Phi) is 4.37. The first-order valence-corrected chi connectivity index (χ1v) is 5.28. The van der Waals surface area contributed by atoms with Gasteiger partial charge in [-0.15, -0.1) is 4.91 Å². The van der Waals surface area contributed by atoms with Crippen LogP contribution in [-0.2, 0) is 0 Å². The van der Waals surface area contributed by atoms with E-state index in [0.717, 1.165) is 0 Å². The van der Waals surface area contributed by atoms with Gasteiger partial charge in [-0.1, -0.05) is 0 Å². The number of rotatable bonds is 3. The second kappa shape index (κ2) is 4.35. The van der Waals surface area contributed by atoms with Crippen LogP contribution in [0.4, 0.5) is 0 Å². The fraction of sp³-hybridized carbons (Fsp3) is 1.00. The normalized spacial score (nSPS) is 13.2. The zero-order valence-electron chi connectivity index (χ0n) is 8.68. The first kappa shape index (κ1) is 12.1. The minimum Gasteiger partial charge on any atom is -0.265 e. The predicted octanol–water partition coefficient (Wildman–Crippen LogP) is 1.01. The SMILES string of the molecule is CN(C)P(=NO)(N(C)C)N(C)C. The van der Waals surface area contributed by atoms with Crippen molar-refractivity contribution in [2.24, 2.45) is 4.91 Å². The van der Waals surface area contributed by atoms with Crippen LogP contribution in [0.15, 0.2) is 4.91 Å². The van der Waals surface area contributed by atoms with Gasteiger partial charge in [-0.3, -0.25) is 19.2 Å². The van der Waals surface area contributed by atoms with Crippen LogP contribution in [0.1, 0.15) is 0 Å². The van der Waals surface area contributed by atoms with Crippen molar-refractivity contribution in [3.05, 3.63) is 0 Å². The molecule has 0 aliphatic heterocycles. The topological polar surface area (TPSA) is 42.3 Å². The Morgan fingerprint density at radius 3 is 1.08 bits per heavy atom. The standard InChI is InChI=1S/C6H19N4OP/c1-8(2)12(7-11,9(3)4)10(5)6/h11H,1-6H3. The van der Waals surface area contributed by atoms with Crippen molar-refractivity contribution in [1.29, 1.82) is 0 Å². The average molecular weight is 194 g/mol. The molecule has 0 aliphatic carbocycles. The number of nitrogens with zero attached hydrogens (tertiary/aromatic N) is 4. The fourth-order valence-electron chi connectivity index (χ4n) is 1.31. The smallest absolute Gasteiger partial charge is 0.196 e. The summed E-state index contributed by atoms with van der Waals surface area (Å²) >= 11 is 0. The van der Waals surface area contributed by atoms with E-state index in [2.05, 4.69) is 4.91 Å². The van der Waals surface area contributed by atoms with E-state index in [4.69, 9.17) is 5.21 Å². The highest BCUT2D eigenvalue weighted by Gasteiger charge is 2.28. The van der Waals surface area contributed by atoms with Crippen molar-refractivity contribution >= 4 is 7.51 Å². The zero-order chi connectivity index (χ0) is 9.94. The van der Waals surface area contributed by atoms with Crippen LogP contribution in [0.3, 0.4) is 0 Å². The van der Waals surface area contributed by atoms with E-state index >= 15 is 0 Å². The molecule has 0 heterocycles. The monoisotopic (exact) mass is 194 g/mol. The summed E-state index contributed by atoms with van der Waals surface area (Å²) in [5, 5.41) is 9.04. The third-order valence-corrected chi connectivity index (χ3v) is 5.19. The van der Waals surface area contributed by atoms with E-state index in [1.54, 1.807) is 0 Å². The zero-order valence-corrected chi connectivity index (χ0v) is 9.58. The Labute approximate surface area is 74.7 Å². The maximum atomic E-state index is 9.04. The van der Waals surface area contributed by atoms with Gasteiger partial charge in [-0.05, 0) is 42.3 Å². The number of hydrogen-bond acceptors (Lipinski definition) is 1. The van der Waals surface area contributed by atoms with Crippen LogP contribution < -0.4 is 0 Å². The van der Waals surface area contributed by atoms with Crippen LogP contribution in [-0.4, -0.2) is 61.5 Å². The van der Waals surface area contributed by atoms with Gasteiger partial charge in [-0.25, -0.2) is 0 Å². The summed E-state index contributed by atoms with van der Waals surface area (Å²) < 4.78 is 5.81. The molecule has 0 saturated carbocycles. The van der Waals surface area contributed by atoms with Crippen LogP contribution in [0.2, 0.25) is 0 Å². The minimum absolute atomic E-state index is 1.91. The molecule has 0 saturated heterocycles. The van der Waals surface area contributed by atoms with Crippen molar-refractivity contribution in [3.63, 3.8) is 0 Å². The van der Waals surface area contributed by atoms with Crippen molar-refractivity contribution in [1.82, 2.24) is 14.0 Å². The molecule has 0 aliphatic rings. The molecule has 0 atom stereocenters. The van der Waals surface area contributed by atoms with Crippen molar-refractivity contribution in [2.75, 3.05) is 42.3 Å². The van der Waals surface area contributed by atoms with E-state index in [0.29, 0.717) is 0 Å². The average Bonchev–Trinajstić information content (AvgIpc) is 1.86. The Morgan fingerprint density at radius 2 is 1.08 bits per heavy atom. The third-order valence-electron chi connectivity index (χ3n) is 1.73. The van der Waals surface area contributed by atoms with Gasteiger partial charge >= 0.3 is 0 Å². The second-order valence-corrected chi connectivity index (χ2v) is 6.82. The molecular weight excluding hydrogens is 175 g/mol. The molecule has 0 radical (unpaired) electrons. The maximum Gasteiger partial charge on any atom is 0.196 e. The molecule has 0 spiro atoms. The van der Waals surface area contributed by atoms with Gasteiger partial charge in [-0.2, -0.15) is 0 Å². The Hall–Kier alpha value is 0.0700. The summed E-state index contributed by atoms with van der Waals surface area (Å²) in [6.07, 6.45) is 0. The first-order valence-electron chi connectivity index (χ1n) is 3.68. The van der Waals surface area contributed by atoms with E-state index in [-0.39, 0.29) is 0 Å². The molecule has 0 rings (SSSR count). The molecule has 6 heteroatoms. The Bertz CT molecular complexity index is 161. The Balaban J connectivity index is 5.08. The maximum absolute atomic E-state index is 9.04. The van der Waals surface area contributed by atoms with Crippen molar-refractivity contribution < 1.29 is 5.21 Å². The van der Waals surface area contributed by atoms with Gasteiger partial charge in [0.05, 0.1) is 0 Å². The van der Waals surface area contributed by atoms with Crippen molar-refractivity contribution in [2.45, 2.75) is 0 Å². The summed E-state index contributed by atoms with van der Waals surface area (Å²) in [6.45, 7) is 0. The van der Waals surface area contributed by atoms with Crippen molar-refractivity contribution in [3.8, 4) is 0 Å². The molecule has 0 fully saturated rings. The van der Waals surface area contributed by atoms with Gasteiger partial charge in [0.1, 0.15) is 0 Å². The van der Waals surface area contributed by atoms with Crippen LogP contribution >= 0.6 is 7.51 Å². The summed E-state index contributed by atoms with van der Waals surface area (Å²) in [5.74, 6) is 0. The molecule has 0 aromatic carbocycles. The van der Waals surface area contributed by atoms with E-state index < -0.39 is 7.51 Å². The predicted molar refractivity (Wildman–Crippen MR) is 52.2 cm³/mol. The van der Waals surface area contributed by atoms with Gasteiger partial charge in [0.25, 0.3) is 0 Å². The highest BCUT2D eigenvalue weighted by atomic mass is 31.2. The van der Waals surface area contributed by atoms with Crippen LogP contribution in [0.25, 0.3) is 0 Å². The molecule has 0 unspecified atom stereocenters. The molecule has 0 amide bonds. The van der Waals surface area contributed by atoms with Crippen LogP contribution in [0, 0.1) is 0 Å². The van der Waals surface area contributed by atoms with Crippen LogP contribution in [0.5, 0.6) is 0 Å². The van der Waals surface area contributed by atoms with Gasteiger partial charge in [0, 0.05) is 0 Å². The molecule has 12 heavy (non-hydrogen) atoms. The molecule has 74 valence electrons. The Morgan fingerprint density at radius 1 is 0.833 bits per heavy atom. The van der Waals surface area contributed by atoms with E-state index in [1.165, 1.54) is 0 Å². The lowest BCUT2D eigenvalue weighted by Gasteiger charge is -2.39. The molecular formula is C6H19N4OP. The molecule has 0 bridgehead atoms. The summed E-state index contributed by atoms with van der Waals surface area (Å²) in [7, 11) is 9.45. The lowest BCUT2D eigenvalue weighted by Crippen LogP contribution is -2.30. The highest BCUT2D eigenvalue weighted by molar-refractivity contribution is 7.58. The highest BCUT2D eigenvalue weighted by Crippen LogP contribution is 2.53. The van der Waals surface area contributed by atoms with Gasteiger partial charge < -0.3 is 0 Å². The quantitative estimate of drug-likeness (QED) is 0.537. The lowest BCUT2D eigenvalue weighted by atomic mass is 11.2. The largest absolute Gasteiger partial charge is 0.265 e.